The highest BCUT2D eigenvalue weighted by Gasteiger charge is 2.13. The Morgan fingerprint density at radius 1 is 0.941 bits per heavy atom. The summed E-state index contributed by atoms with van der Waals surface area (Å²) in [7, 11) is 1.55. The number of carbonyl (C=O) groups is 2. The smallest absolute Gasteiger partial charge is 0.328 e. The maximum Gasteiger partial charge on any atom is 0.328 e. The van der Waals surface area contributed by atoms with Gasteiger partial charge in [-0.2, -0.15) is 0 Å². The summed E-state index contributed by atoms with van der Waals surface area (Å²) in [6.07, 6.45) is 13.3. The molecule has 7 heteroatoms. The van der Waals surface area contributed by atoms with Crippen LogP contribution in [0.1, 0.15) is 30.4 Å². The zero-order valence-electron chi connectivity index (χ0n) is 19.2. The number of benzene rings is 2. The summed E-state index contributed by atoms with van der Waals surface area (Å²) in [6.45, 7) is 2.05. The fourth-order valence-corrected chi connectivity index (χ4v) is 3.51. The molecule has 1 N–H and O–H groups in total. The SMILES string of the molecule is COc1ccccc1C=CC(=O)O.O=C(C=CC=Cc1ccc2c(c1)OCO2)N1CCCCC1. The van der Waals surface area contributed by atoms with E-state index in [1.165, 1.54) is 12.5 Å². The number of likely N-dealkylation sites (tertiary alicyclic amines) is 1. The number of rotatable bonds is 6. The molecule has 2 aliphatic rings. The van der Waals surface area contributed by atoms with Gasteiger partial charge in [0, 0.05) is 30.8 Å². The number of carbonyl (C=O) groups excluding carboxylic acids is 1. The van der Waals surface area contributed by atoms with E-state index in [1.54, 1.807) is 31.4 Å². The lowest BCUT2D eigenvalue weighted by molar-refractivity contribution is -0.131. The molecule has 0 radical (unpaired) electrons. The van der Waals surface area contributed by atoms with E-state index in [-0.39, 0.29) is 12.7 Å². The number of ether oxygens (including phenoxy) is 3. The molecule has 0 saturated carbocycles. The van der Waals surface area contributed by atoms with E-state index in [1.807, 2.05) is 47.4 Å². The summed E-state index contributed by atoms with van der Waals surface area (Å²) in [4.78, 5) is 24.1. The van der Waals surface area contributed by atoms with E-state index in [0.717, 1.165) is 54.6 Å². The molecule has 2 aromatic rings. The summed E-state index contributed by atoms with van der Waals surface area (Å²) in [5.41, 5.74) is 1.78. The Balaban J connectivity index is 0.000000215. The maximum absolute atomic E-state index is 11.9. The van der Waals surface area contributed by atoms with Crippen LogP contribution in [0.25, 0.3) is 12.2 Å². The van der Waals surface area contributed by atoms with Gasteiger partial charge in [-0.05, 0) is 49.1 Å². The van der Waals surface area contributed by atoms with Crippen molar-refractivity contribution in [2.24, 2.45) is 0 Å². The number of hydrogen-bond donors (Lipinski definition) is 1. The summed E-state index contributed by atoms with van der Waals surface area (Å²) in [5.74, 6) is 1.35. The average Bonchev–Trinajstić information content (AvgIpc) is 3.34. The van der Waals surface area contributed by atoms with Gasteiger partial charge in [0.15, 0.2) is 11.5 Å². The van der Waals surface area contributed by atoms with Crippen LogP contribution in [-0.4, -0.2) is 48.9 Å². The van der Waals surface area contributed by atoms with Crippen LogP contribution in [-0.2, 0) is 9.59 Å². The molecular formula is C27H29NO6. The molecule has 34 heavy (non-hydrogen) atoms. The second-order valence-electron chi connectivity index (χ2n) is 7.63. The van der Waals surface area contributed by atoms with Crippen LogP contribution in [0.4, 0.5) is 0 Å². The number of carboxylic acid groups (broad SMARTS) is 1. The lowest BCUT2D eigenvalue weighted by Crippen LogP contribution is -2.34. The van der Waals surface area contributed by atoms with Crippen molar-refractivity contribution >= 4 is 24.0 Å². The average molecular weight is 464 g/mol. The van der Waals surface area contributed by atoms with Crippen LogP contribution < -0.4 is 14.2 Å². The lowest BCUT2D eigenvalue weighted by atomic mass is 10.1. The largest absolute Gasteiger partial charge is 0.496 e. The predicted octanol–water partition coefficient (Wildman–Crippen LogP) is 4.79. The van der Waals surface area contributed by atoms with Gasteiger partial charge >= 0.3 is 5.97 Å². The molecule has 0 aromatic heterocycles. The number of methoxy groups -OCH3 is 1. The maximum atomic E-state index is 11.9. The first-order valence-electron chi connectivity index (χ1n) is 11.1. The quantitative estimate of drug-likeness (QED) is 0.490. The van der Waals surface area contributed by atoms with Crippen molar-refractivity contribution in [3.8, 4) is 17.2 Å². The van der Waals surface area contributed by atoms with Crippen molar-refractivity contribution in [3.05, 3.63) is 77.9 Å². The van der Waals surface area contributed by atoms with Gasteiger partial charge in [-0.1, -0.05) is 42.5 Å². The molecular weight excluding hydrogens is 434 g/mol. The Morgan fingerprint density at radius 3 is 2.47 bits per heavy atom. The van der Waals surface area contributed by atoms with E-state index >= 15 is 0 Å². The number of carboxylic acids is 1. The van der Waals surface area contributed by atoms with Gasteiger partial charge in [-0.3, -0.25) is 4.79 Å². The minimum absolute atomic E-state index is 0.102. The highest BCUT2D eigenvalue weighted by Crippen LogP contribution is 2.32. The third-order valence-corrected chi connectivity index (χ3v) is 5.25. The third kappa shape index (κ3) is 7.55. The molecule has 1 saturated heterocycles. The van der Waals surface area contributed by atoms with E-state index < -0.39 is 5.97 Å². The summed E-state index contributed by atoms with van der Waals surface area (Å²) in [5, 5.41) is 8.41. The Labute approximate surface area is 199 Å². The minimum Gasteiger partial charge on any atom is -0.496 e. The fraction of sp³-hybridized carbons (Fsp3) is 0.259. The molecule has 0 aliphatic carbocycles. The topological polar surface area (TPSA) is 85.3 Å². The molecule has 2 aromatic carbocycles. The van der Waals surface area contributed by atoms with Gasteiger partial charge in [0.25, 0.3) is 0 Å². The normalized spacial score (nSPS) is 14.9. The number of allylic oxidation sites excluding steroid dienone is 2. The highest BCUT2D eigenvalue weighted by molar-refractivity contribution is 5.88. The van der Waals surface area contributed by atoms with Crippen LogP contribution in [0, 0.1) is 0 Å². The molecule has 7 nitrogen and oxygen atoms in total. The molecule has 0 atom stereocenters. The molecule has 2 heterocycles. The summed E-state index contributed by atoms with van der Waals surface area (Å²) >= 11 is 0. The van der Waals surface area contributed by atoms with Gasteiger partial charge < -0.3 is 24.2 Å². The van der Waals surface area contributed by atoms with E-state index in [4.69, 9.17) is 19.3 Å². The first kappa shape index (κ1) is 24.6. The standard InChI is InChI=1S/C17H19NO3.C10H10O3/c19-17(18-10-4-1-5-11-18)7-3-2-6-14-8-9-15-16(12-14)21-13-20-15;1-13-9-5-3-2-4-8(9)6-7-10(11)12/h2-3,6-9,12H,1,4-5,10-11,13H2;2-7H,1H3,(H,11,12). The van der Waals surface area contributed by atoms with Gasteiger partial charge in [0.2, 0.25) is 12.7 Å². The number of nitrogens with zero attached hydrogens (tertiary/aromatic N) is 1. The minimum atomic E-state index is -0.967. The first-order chi connectivity index (χ1) is 16.6. The number of amides is 1. The van der Waals surface area contributed by atoms with Gasteiger partial charge in [0.05, 0.1) is 7.11 Å². The first-order valence-corrected chi connectivity index (χ1v) is 11.1. The number of para-hydroxylation sites is 1. The van der Waals surface area contributed by atoms with Gasteiger partial charge in [-0.25, -0.2) is 4.79 Å². The molecule has 0 spiro atoms. The second kappa shape index (κ2) is 12.9. The molecule has 0 bridgehead atoms. The molecule has 1 fully saturated rings. The Kier molecular flexibility index (Phi) is 9.34. The molecule has 1 amide bonds. The van der Waals surface area contributed by atoms with Crippen LogP contribution in [0.2, 0.25) is 0 Å². The van der Waals surface area contributed by atoms with Crippen molar-refractivity contribution < 1.29 is 28.9 Å². The lowest BCUT2D eigenvalue weighted by Gasteiger charge is -2.25. The zero-order valence-corrected chi connectivity index (χ0v) is 19.2. The third-order valence-electron chi connectivity index (χ3n) is 5.25. The van der Waals surface area contributed by atoms with Gasteiger partial charge in [-0.15, -0.1) is 0 Å². The molecule has 4 rings (SSSR count). The Hall–Kier alpha value is -4.00. The number of hydrogen-bond acceptors (Lipinski definition) is 5. The van der Waals surface area contributed by atoms with Crippen molar-refractivity contribution in [1.29, 1.82) is 0 Å². The second-order valence-corrected chi connectivity index (χ2v) is 7.63. The van der Waals surface area contributed by atoms with Crippen LogP contribution in [0.15, 0.2) is 66.8 Å². The van der Waals surface area contributed by atoms with Crippen LogP contribution in [0.5, 0.6) is 17.2 Å². The van der Waals surface area contributed by atoms with Crippen LogP contribution >= 0.6 is 0 Å². The predicted molar refractivity (Wildman–Crippen MR) is 131 cm³/mol. The number of aliphatic carboxylic acids is 1. The van der Waals surface area contributed by atoms with E-state index in [0.29, 0.717) is 5.75 Å². The monoisotopic (exact) mass is 463 g/mol. The summed E-state index contributed by atoms with van der Waals surface area (Å²) < 4.78 is 15.6. The Bertz CT molecular complexity index is 1070. The van der Waals surface area contributed by atoms with Crippen molar-refractivity contribution in [3.63, 3.8) is 0 Å². The van der Waals surface area contributed by atoms with E-state index in [9.17, 15) is 9.59 Å². The highest BCUT2D eigenvalue weighted by atomic mass is 16.7. The van der Waals surface area contributed by atoms with Crippen molar-refractivity contribution in [1.82, 2.24) is 4.90 Å². The van der Waals surface area contributed by atoms with E-state index in [2.05, 4.69) is 0 Å². The van der Waals surface area contributed by atoms with Crippen molar-refractivity contribution in [2.75, 3.05) is 27.0 Å². The molecule has 0 unspecified atom stereocenters. The number of piperidine rings is 1. The molecule has 2 aliphatic heterocycles. The Morgan fingerprint density at radius 2 is 1.71 bits per heavy atom. The van der Waals surface area contributed by atoms with Crippen LogP contribution in [0.3, 0.4) is 0 Å². The van der Waals surface area contributed by atoms with Gasteiger partial charge in [0.1, 0.15) is 5.75 Å². The molecule has 178 valence electrons. The summed E-state index contributed by atoms with van der Waals surface area (Å²) in [6, 6.07) is 13.0. The zero-order chi connectivity index (χ0) is 24.2. The number of fused-ring (bicyclic) bond motifs is 1. The van der Waals surface area contributed by atoms with Crippen molar-refractivity contribution in [2.45, 2.75) is 19.3 Å². The fourth-order valence-electron chi connectivity index (χ4n) is 3.51.